The molecule has 7 heteroatoms. The molecule has 1 fully saturated rings. The van der Waals surface area contributed by atoms with Gasteiger partial charge < -0.3 is 10.6 Å². The number of sulfonamides is 1. The monoisotopic (exact) mass is 277 g/mol. The highest BCUT2D eigenvalue weighted by atomic mass is 32.2. The molecule has 0 aromatic rings. The third-order valence-electron chi connectivity index (χ3n) is 2.84. The summed E-state index contributed by atoms with van der Waals surface area (Å²) >= 11 is 0. The van der Waals surface area contributed by atoms with Gasteiger partial charge in [-0.1, -0.05) is 0 Å². The number of nitrogens with one attached hydrogen (secondary N) is 1. The van der Waals surface area contributed by atoms with E-state index in [0.29, 0.717) is 32.4 Å². The Kier molecular flexibility index (Phi) is 4.74. The number of carbonyl (C=O) groups excluding carboxylic acids is 1. The van der Waals surface area contributed by atoms with Gasteiger partial charge >= 0.3 is 0 Å². The third kappa shape index (κ3) is 5.79. The minimum absolute atomic E-state index is 0.0419. The van der Waals surface area contributed by atoms with Crippen LogP contribution in [0.2, 0.25) is 0 Å². The van der Waals surface area contributed by atoms with Crippen LogP contribution in [0.15, 0.2) is 0 Å². The Balaban J connectivity index is 2.42. The Morgan fingerprint density at radius 3 is 2.28 bits per heavy atom. The Morgan fingerprint density at radius 2 is 1.89 bits per heavy atom. The van der Waals surface area contributed by atoms with Crippen molar-refractivity contribution in [1.29, 1.82) is 0 Å². The summed E-state index contributed by atoms with van der Waals surface area (Å²) in [5.41, 5.74) is 5.31. The highest BCUT2D eigenvalue weighted by molar-refractivity contribution is 7.88. The molecule has 0 aliphatic carbocycles. The van der Waals surface area contributed by atoms with Crippen LogP contribution >= 0.6 is 0 Å². The van der Waals surface area contributed by atoms with Crippen molar-refractivity contribution in [3.8, 4) is 0 Å². The smallest absolute Gasteiger partial charge is 0.224 e. The molecule has 1 aliphatic rings. The van der Waals surface area contributed by atoms with Gasteiger partial charge in [-0.15, -0.1) is 0 Å². The van der Waals surface area contributed by atoms with Crippen LogP contribution in [0.1, 0.15) is 33.1 Å². The van der Waals surface area contributed by atoms with E-state index in [1.54, 1.807) is 4.90 Å². The average molecular weight is 277 g/mol. The molecule has 1 aliphatic heterocycles. The lowest BCUT2D eigenvalue weighted by Gasteiger charge is -2.33. The fourth-order valence-corrected chi connectivity index (χ4v) is 2.89. The fraction of sp³-hybridized carbons (Fsp3) is 0.909. The van der Waals surface area contributed by atoms with Gasteiger partial charge in [-0.2, -0.15) is 0 Å². The van der Waals surface area contributed by atoms with Crippen molar-refractivity contribution in [1.82, 2.24) is 9.62 Å². The van der Waals surface area contributed by atoms with Crippen LogP contribution in [0.25, 0.3) is 0 Å². The van der Waals surface area contributed by atoms with E-state index in [1.165, 1.54) is 0 Å². The van der Waals surface area contributed by atoms with E-state index < -0.39 is 15.6 Å². The lowest BCUT2D eigenvalue weighted by Crippen LogP contribution is -2.48. The molecule has 0 radical (unpaired) electrons. The number of nitrogens with zero attached hydrogens (tertiary/aromatic N) is 1. The van der Waals surface area contributed by atoms with Crippen molar-refractivity contribution in [3.05, 3.63) is 0 Å². The first kappa shape index (κ1) is 15.4. The summed E-state index contributed by atoms with van der Waals surface area (Å²) in [6.45, 7) is 4.82. The molecule has 3 N–H and O–H groups in total. The standard InChI is InChI=1S/C11H23N3O3S/c1-11(2,12)8-10(15)14-6-4-9(5-7-14)13-18(3,16)17/h9,13H,4-8,12H2,1-3H3. The lowest BCUT2D eigenvalue weighted by molar-refractivity contribution is -0.133. The molecule has 0 atom stereocenters. The molecule has 0 saturated carbocycles. The van der Waals surface area contributed by atoms with E-state index in [0.717, 1.165) is 6.26 Å². The summed E-state index contributed by atoms with van der Waals surface area (Å²) in [5.74, 6) is 0.0419. The zero-order chi connectivity index (χ0) is 14.0. The maximum atomic E-state index is 11.9. The summed E-state index contributed by atoms with van der Waals surface area (Å²) in [7, 11) is -3.16. The molecule has 1 rings (SSSR count). The molecular formula is C11H23N3O3S. The molecule has 1 saturated heterocycles. The molecule has 0 aromatic heterocycles. The number of piperidine rings is 1. The number of hydrogen-bond acceptors (Lipinski definition) is 4. The van der Waals surface area contributed by atoms with Crippen LogP contribution in [-0.2, 0) is 14.8 Å². The van der Waals surface area contributed by atoms with E-state index in [1.807, 2.05) is 13.8 Å². The summed E-state index contributed by atoms with van der Waals surface area (Å²) in [5, 5.41) is 0. The molecule has 0 unspecified atom stereocenters. The SMILES string of the molecule is CC(C)(N)CC(=O)N1CCC(NS(C)(=O)=O)CC1. The topological polar surface area (TPSA) is 92.5 Å². The molecule has 1 heterocycles. The van der Waals surface area contributed by atoms with Crippen molar-refractivity contribution in [2.45, 2.75) is 44.7 Å². The molecule has 1 amide bonds. The van der Waals surface area contributed by atoms with Gasteiger partial charge in [0.25, 0.3) is 0 Å². The van der Waals surface area contributed by atoms with Crippen molar-refractivity contribution < 1.29 is 13.2 Å². The van der Waals surface area contributed by atoms with Gasteiger partial charge in [0, 0.05) is 31.1 Å². The van der Waals surface area contributed by atoms with E-state index >= 15 is 0 Å². The number of hydrogen-bond donors (Lipinski definition) is 2. The van der Waals surface area contributed by atoms with Crippen LogP contribution in [0, 0.1) is 0 Å². The van der Waals surface area contributed by atoms with Gasteiger partial charge in [0.05, 0.1) is 6.26 Å². The third-order valence-corrected chi connectivity index (χ3v) is 3.60. The van der Waals surface area contributed by atoms with E-state index in [-0.39, 0.29) is 11.9 Å². The van der Waals surface area contributed by atoms with Gasteiger partial charge in [0.2, 0.25) is 15.9 Å². The predicted molar refractivity (Wildman–Crippen MR) is 70.5 cm³/mol. The average Bonchev–Trinajstić information content (AvgIpc) is 2.13. The summed E-state index contributed by atoms with van der Waals surface area (Å²) in [6.07, 6.45) is 2.78. The van der Waals surface area contributed by atoms with Crippen molar-refractivity contribution >= 4 is 15.9 Å². The van der Waals surface area contributed by atoms with Gasteiger partial charge in [-0.25, -0.2) is 13.1 Å². The zero-order valence-corrected chi connectivity index (χ0v) is 12.1. The molecule has 0 bridgehead atoms. The molecular weight excluding hydrogens is 254 g/mol. The van der Waals surface area contributed by atoms with Gasteiger partial charge in [0.15, 0.2) is 0 Å². The van der Waals surface area contributed by atoms with Gasteiger partial charge in [-0.05, 0) is 26.7 Å². The second kappa shape index (κ2) is 5.54. The van der Waals surface area contributed by atoms with E-state index in [2.05, 4.69) is 4.72 Å². The van der Waals surface area contributed by atoms with E-state index in [4.69, 9.17) is 5.73 Å². The maximum Gasteiger partial charge on any atom is 0.224 e. The zero-order valence-electron chi connectivity index (χ0n) is 11.3. The first-order valence-corrected chi connectivity index (χ1v) is 8.00. The number of rotatable bonds is 4. The summed E-state index contributed by atoms with van der Waals surface area (Å²) in [6, 6.07) is -0.0602. The van der Waals surface area contributed by atoms with Crippen LogP contribution in [-0.4, -0.2) is 50.2 Å². The predicted octanol–water partition coefficient (Wildman–Crippen LogP) is -0.346. The number of likely N-dealkylation sites (tertiary alicyclic amines) is 1. The Labute approximate surface area is 109 Å². The number of amides is 1. The van der Waals surface area contributed by atoms with Crippen LogP contribution < -0.4 is 10.5 Å². The largest absolute Gasteiger partial charge is 0.343 e. The van der Waals surface area contributed by atoms with Gasteiger partial charge in [-0.3, -0.25) is 4.79 Å². The van der Waals surface area contributed by atoms with Crippen LogP contribution in [0.4, 0.5) is 0 Å². The Hall–Kier alpha value is -0.660. The van der Waals surface area contributed by atoms with Crippen molar-refractivity contribution in [2.75, 3.05) is 19.3 Å². The second-order valence-electron chi connectivity index (χ2n) is 5.71. The molecule has 106 valence electrons. The minimum Gasteiger partial charge on any atom is -0.343 e. The van der Waals surface area contributed by atoms with Crippen molar-refractivity contribution in [3.63, 3.8) is 0 Å². The Morgan fingerprint density at radius 1 is 1.39 bits per heavy atom. The van der Waals surface area contributed by atoms with Crippen LogP contribution in [0.3, 0.4) is 0 Å². The first-order valence-electron chi connectivity index (χ1n) is 6.11. The first-order chi connectivity index (χ1) is 8.07. The number of nitrogens with two attached hydrogens (primary N) is 1. The number of carbonyl (C=O) groups is 1. The normalized spacial score (nSPS) is 19.0. The van der Waals surface area contributed by atoms with E-state index in [9.17, 15) is 13.2 Å². The summed E-state index contributed by atoms with van der Waals surface area (Å²) < 4.78 is 24.8. The lowest BCUT2D eigenvalue weighted by atomic mass is 9.99. The second-order valence-corrected chi connectivity index (χ2v) is 7.49. The van der Waals surface area contributed by atoms with Crippen molar-refractivity contribution in [2.24, 2.45) is 5.73 Å². The van der Waals surface area contributed by atoms with Crippen LogP contribution in [0.5, 0.6) is 0 Å². The van der Waals surface area contributed by atoms with Gasteiger partial charge in [0.1, 0.15) is 0 Å². The highest BCUT2D eigenvalue weighted by Crippen LogP contribution is 2.14. The molecule has 18 heavy (non-hydrogen) atoms. The Bertz CT molecular complexity index is 392. The quantitative estimate of drug-likeness (QED) is 0.735. The minimum atomic E-state index is -3.16. The molecule has 6 nitrogen and oxygen atoms in total. The summed E-state index contributed by atoms with van der Waals surface area (Å²) in [4.78, 5) is 13.7. The fourth-order valence-electron chi connectivity index (χ4n) is 2.05. The maximum absolute atomic E-state index is 11.9. The molecule has 0 spiro atoms. The highest BCUT2D eigenvalue weighted by Gasteiger charge is 2.26. The molecule has 0 aromatic carbocycles.